The van der Waals surface area contributed by atoms with Crippen LogP contribution in [0.5, 0.6) is 0 Å². The van der Waals surface area contributed by atoms with Crippen LogP contribution in [0.1, 0.15) is 33.0 Å². The molecule has 0 aliphatic heterocycles. The number of benzene rings is 3. The summed E-state index contributed by atoms with van der Waals surface area (Å²) >= 11 is 25.3. The lowest BCUT2D eigenvalue weighted by atomic mass is 10.1. The van der Waals surface area contributed by atoms with Crippen LogP contribution in [0.2, 0.25) is 10.0 Å². The molecule has 3 aromatic carbocycles. The van der Waals surface area contributed by atoms with Crippen molar-refractivity contribution in [2.75, 3.05) is 10.6 Å². The van der Waals surface area contributed by atoms with Crippen LogP contribution in [-0.2, 0) is 4.79 Å². The van der Waals surface area contributed by atoms with E-state index in [2.05, 4.69) is 16.6 Å². The molecule has 0 aromatic heterocycles. The molecule has 3 aromatic rings. The van der Waals surface area contributed by atoms with Crippen LogP contribution in [0.3, 0.4) is 0 Å². The van der Waals surface area contributed by atoms with E-state index >= 15 is 0 Å². The van der Waals surface area contributed by atoms with E-state index in [9.17, 15) is 14.0 Å². The van der Waals surface area contributed by atoms with E-state index in [0.717, 1.165) is 17.2 Å². The maximum Gasteiger partial charge on any atom is 0.257 e. The van der Waals surface area contributed by atoms with Gasteiger partial charge in [-0.25, -0.2) is 4.39 Å². The molecule has 0 saturated heterocycles. The highest BCUT2D eigenvalue weighted by Crippen LogP contribution is 2.65. The summed E-state index contributed by atoms with van der Waals surface area (Å²) in [6.45, 7) is 1.88. The fraction of sp³-hybridized carbons (Fsp3) is 0.154. The minimum absolute atomic E-state index is 0.0811. The van der Waals surface area contributed by atoms with E-state index in [0.29, 0.717) is 10.7 Å². The molecule has 4 rings (SSSR count). The van der Waals surface area contributed by atoms with Crippen LogP contribution in [0, 0.1) is 31.0 Å². The molecule has 0 unspecified atom stereocenters. The lowest BCUT2D eigenvalue weighted by molar-refractivity contribution is -0.117. The average molecular weight is 550 g/mol. The third-order valence-electron chi connectivity index (χ3n) is 5.62. The number of hydrogen-bond acceptors (Lipinski definition) is 2. The second kappa shape index (κ2) is 9.72. The first-order chi connectivity index (χ1) is 16.5. The third kappa shape index (κ3) is 5.27. The minimum atomic E-state index is -1.30. The monoisotopic (exact) mass is 548 g/mol. The van der Waals surface area contributed by atoms with Crippen molar-refractivity contribution in [1.82, 2.24) is 0 Å². The van der Waals surface area contributed by atoms with Gasteiger partial charge in [0.05, 0.1) is 27.8 Å². The molecule has 0 heterocycles. The van der Waals surface area contributed by atoms with Gasteiger partial charge in [-0.1, -0.05) is 35.2 Å². The zero-order valence-electron chi connectivity index (χ0n) is 18.1. The summed E-state index contributed by atoms with van der Waals surface area (Å²) in [5, 5.41) is 6.03. The van der Waals surface area contributed by atoms with Crippen LogP contribution in [0.4, 0.5) is 15.8 Å². The van der Waals surface area contributed by atoms with Crippen LogP contribution >= 0.6 is 46.4 Å². The third-order valence-corrected chi connectivity index (χ3v) is 7.11. The molecule has 0 radical (unpaired) electrons. The van der Waals surface area contributed by atoms with E-state index in [1.807, 2.05) is 13.0 Å². The second-order valence-electron chi connectivity index (χ2n) is 8.16. The first kappa shape index (κ1) is 25.3. The number of halogens is 5. The van der Waals surface area contributed by atoms with Crippen molar-refractivity contribution in [3.8, 4) is 12.3 Å². The van der Waals surface area contributed by atoms with Crippen LogP contribution in [0.25, 0.3) is 0 Å². The summed E-state index contributed by atoms with van der Waals surface area (Å²) in [6.07, 6.45) is 5.40. The van der Waals surface area contributed by atoms with E-state index < -0.39 is 33.8 Å². The average Bonchev–Trinajstić information content (AvgIpc) is 3.37. The Morgan fingerprint density at radius 2 is 1.77 bits per heavy atom. The molecule has 2 N–H and O–H groups in total. The molecular weight excluding hydrogens is 533 g/mol. The summed E-state index contributed by atoms with van der Waals surface area (Å²) < 4.78 is 12.1. The topological polar surface area (TPSA) is 58.2 Å². The Morgan fingerprint density at radius 3 is 2.46 bits per heavy atom. The SMILES string of the molecule is C#Cc1cc(F)ccc1NC(=O)c1cc(NC(=O)[C@@H]2[C@@H](c3cc(C)cc(Cl)c3)C2(Cl)Cl)ccc1Cl. The van der Waals surface area contributed by atoms with E-state index in [1.54, 1.807) is 18.2 Å². The van der Waals surface area contributed by atoms with Crippen molar-refractivity contribution >= 4 is 69.6 Å². The molecule has 4 nitrogen and oxygen atoms in total. The minimum Gasteiger partial charge on any atom is -0.326 e. The molecule has 178 valence electrons. The van der Waals surface area contributed by atoms with Crippen LogP contribution in [0.15, 0.2) is 54.6 Å². The Bertz CT molecular complexity index is 1380. The van der Waals surface area contributed by atoms with Gasteiger partial charge in [0, 0.05) is 16.6 Å². The summed E-state index contributed by atoms with van der Waals surface area (Å²) in [4.78, 5) is 25.9. The van der Waals surface area contributed by atoms with E-state index in [-0.39, 0.29) is 21.8 Å². The number of alkyl halides is 2. The lowest BCUT2D eigenvalue weighted by Gasteiger charge is -2.11. The molecule has 1 saturated carbocycles. The maximum absolute atomic E-state index is 13.4. The summed E-state index contributed by atoms with van der Waals surface area (Å²) in [5.41, 5.74) is 2.51. The molecule has 1 aliphatic rings. The van der Waals surface area contributed by atoms with Crippen LogP contribution < -0.4 is 10.6 Å². The first-order valence-corrected chi connectivity index (χ1v) is 11.8. The lowest BCUT2D eigenvalue weighted by Crippen LogP contribution is -2.18. The Kier molecular flexibility index (Phi) is 7.04. The van der Waals surface area contributed by atoms with Crippen LogP contribution in [-0.4, -0.2) is 16.1 Å². The summed E-state index contributed by atoms with van der Waals surface area (Å²) in [6, 6.07) is 13.5. The highest BCUT2D eigenvalue weighted by atomic mass is 35.5. The van der Waals surface area contributed by atoms with Gasteiger partial charge < -0.3 is 10.6 Å². The number of carbonyl (C=O) groups excluding carboxylic acids is 2. The smallest absolute Gasteiger partial charge is 0.257 e. The highest BCUT2D eigenvalue weighted by Gasteiger charge is 2.67. The molecule has 35 heavy (non-hydrogen) atoms. The Morgan fingerprint density at radius 1 is 1.03 bits per heavy atom. The van der Waals surface area contributed by atoms with Crippen molar-refractivity contribution < 1.29 is 14.0 Å². The number of nitrogens with one attached hydrogen (secondary N) is 2. The number of terminal acetylenes is 1. The number of rotatable bonds is 5. The zero-order valence-corrected chi connectivity index (χ0v) is 21.2. The molecule has 0 bridgehead atoms. The standard InChI is InChI=1S/C26H17Cl4FN2O2/c1-3-14-11-17(31)4-7-21(14)33-24(34)19-12-18(5-6-20(19)28)32-25(35)23-22(26(23,29)30)15-8-13(2)9-16(27)10-15/h1,4-12,22-23H,2H3,(H,32,35)(H,33,34)/t22-,23+/m1/s1. The van der Waals surface area contributed by atoms with Gasteiger partial charge in [0.25, 0.3) is 5.91 Å². The van der Waals surface area contributed by atoms with Gasteiger partial charge in [-0.2, -0.15) is 0 Å². The molecule has 1 fully saturated rings. The van der Waals surface area contributed by atoms with Gasteiger partial charge in [0.2, 0.25) is 5.91 Å². The number of anilines is 2. The number of aryl methyl sites for hydroxylation is 1. The van der Waals surface area contributed by atoms with Gasteiger partial charge in [0.15, 0.2) is 0 Å². The predicted molar refractivity (Wildman–Crippen MR) is 139 cm³/mol. The number of carbonyl (C=O) groups is 2. The number of amides is 2. The van der Waals surface area contributed by atoms with Crippen molar-refractivity contribution in [3.63, 3.8) is 0 Å². The maximum atomic E-state index is 13.4. The molecule has 1 aliphatic carbocycles. The summed E-state index contributed by atoms with van der Waals surface area (Å²) in [7, 11) is 0. The van der Waals surface area contributed by atoms with Crippen molar-refractivity contribution in [1.29, 1.82) is 0 Å². The first-order valence-electron chi connectivity index (χ1n) is 10.3. The fourth-order valence-corrected chi connectivity index (χ4v) is 5.27. The Hall–Kier alpha value is -2.75. The number of hydrogen-bond donors (Lipinski definition) is 2. The largest absolute Gasteiger partial charge is 0.326 e. The zero-order chi connectivity index (χ0) is 25.5. The van der Waals surface area contributed by atoms with Gasteiger partial charge in [-0.15, -0.1) is 29.6 Å². The quantitative estimate of drug-likeness (QED) is 0.261. The van der Waals surface area contributed by atoms with Crippen molar-refractivity contribution in [2.45, 2.75) is 17.2 Å². The predicted octanol–water partition coefficient (Wildman–Crippen LogP) is 7.20. The second-order valence-corrected chi connectivity index (χ2v) is 10.5. The Labute approximate surface area is 221 Å². The molecule has 2 atom stereocenters. The normalized spacial score (nSPS) is 17.9. The van der Waals surface area contributed by atoms with Crippen molar-refractivity contribution in [3.05, 3.63) is 92.7 Å². The fourth-order valence-electron chi connectivity index (χ4n) is 3.94. The highest BCUT2D eigenvalue weighted by molar-refractivity contribution is 6.53. The molecule has 9 heteroatoms. The van der Waals surface area contributed by atoms with Gasteiger partial charge in [0.1, 0.15) is 10.2 Å². The van der Waals surface area contributed by atoms with Gasteiger partial charge >= 0.3 is 0 Å². The van der Waals surface area contributed by atoms with Gasteiger partial charge in [-0.05, 0) is 66.6 Å². The van der Waals surface area contributed by atoms with E-state index in [1.165, 1.54) is 24.3 Å². The van der Waals surface area contributed by atoms with Crippen molar-refractivity contribution in [2.24, 2.45) is 5.92 Å². The summed E-state index contributed by atoms with van der Waals surface area (Å²) in [5.74, 6) is -0.386. The van der Waals surface area contributed by atoms with E-state index in [4.69, 9.17) is 52.8 Å². The molecule has 2 amide bonds. The molecule has 0 spiro atoms. The Balaban J connectivity index is 1.53. The molecular formula is C26H17Cl4FN2O2. The van der Waals surface area contributed by atoms with Gasteiger partial charge in [-0.3, -0.25) is 9.59 Å².